The number of alkyl halides is 3. The van der Waals surface area contributed by atoms with E-state index in [2.05, 4.69) is 0 Å². The number of non-ortho nitro benzene ring substituents is 1. The number of nitrogens with zero attached hydrogens (tertiary/aromatic N) is 2. The molecule has 0 heterocycles. The van der Waals surface area contributed by atoms with Crippen molar-refractivity contribution in [2.24, 2.45) is 0 Å². The third-order valence-corrected chi connectivity index (χ3v) is 3.68. The lowest BCUT2D eigenvalue weighted by Gasteiger charge is -2.13. The quantitative estimate of drug-likeness (QED) is 0.347. The van der Waals surface area contributed by atoms with Crippen LogP contribution in [0.1, 0.15) is 11.1 Å². The van der Waals surface area contributed by atoms with E-state index >= 15 is 0 Å². The van der Waals surface area contributed by atoms with Gasteiger partial charge < -0.3 is 5.32 Å². The minimum Gasteiger partial charge on any atom is -0.321 e. The van der Waals surface area contributed by atoms with Crippen LogP contribution in [0.15, 0.2) is 48.0 Å². The maximum absolute atomic E-state index is 13.2. The monoisotopic (exact) mass is 395 g/mol. The predicted octanol–water partition coefficient (Wildman–Crippen LogP) is 4.81. The van der Waals surface area contributed by atoms with Gasteiger partial charge in [0.2, 0.25) is 0 Å². The van der Waals surface area contributed by atoms with E-state index in [-0.39, 0.29) is 5.02 Å². The van der Waals surface area contributed by atoms with Crippen molar-refractivity contribution >= 4 is 35.0 Å². The van der Waals surface area contributed by atoms with Gasteiger partial charge in [-0.25, -0.2) is 0 Å². The minimum atomic E-state index is -4.95. The van der Waals surface area contributed by atoms with Crippen molar-refractivity contribution in [1.29, 1.82) is 5.26 Å². The van der Waals surface area contributed by atoms with Crippen LogP contribution in [0.4, 0.5) is 24.5 Å². The Morgan fingerprint density at radius 2 is 1.93 bits per heavy atom. The number of nitro benzene ring substituents is 1. The molecule has 0 aliphatic heterocycles. The fourth-order valence-electron chi connectivity index (χ4n) is 2.08. The van der Waals surface area contributed by atoms with Gasteiger partial charge in [-0.2, -0.15) is 18.4 Å². The fraction of sp³-hybridized carbons (Fsp3) is 0.0588. The minimum absolute atomic E-state index is 0.240. The van der Waals surface area contributed by atoms with Crippen molar-refractivity contribution in [1.82, 2.24) is 0 Å². The van der Waals surface area contributed by atoms with Crippen LogP contribution in [0.25, 0.3) is 6.08 Å². The zero-order chi connectivity index (χ0) is 20.2. The Kier molecular flexibility index (Phi) is 5.82. The Morgan fingerprint density at radius 1 is 1.26 bits per heavy atom. The standard InChI is InChI=1S/C17H9ClF3N3O3/c18-14-4-2-1-3-10(14)7-11(9-22)16(25)23-15-6-5-12(24(26)27)8-13(15)17(19,20)21/h1-8H,(H,23,25)/b11-7+. The summed E-state index contributed by atoms with van der Waals surface area (Å²) in [7, 11) is 0. The smallest absolute Gasteiger partial charge is 0.321 e. The van der Waals surface area contributed by atoms with Crippen LogP contribution in [0.5, 0.6) is 0 Å². The third-order valence-electron chi connectivity index (χ3n) is 3.34. The lowest BCUT2D eigenvalue weighted by molar-refractivity contribution is -0.385. The number of halogens is 4. The van der Waals surface area contributed by atoms with E-state index in [1.807, 2.05) is 5.32 Å². The number of nitrogens with one attached hydrogen (secondary N) is 1. The van der Waals surface area contributed by atoms with Gasteiger partial charge in [0.25, 0.3) is 11.6 Å². The molecule has 0 saturated carbocycles. The van der Waals surface area contributed by atoms with Crippen molar-refractivity contribution in [3.63, 3.8) is 0 Å². The zero-order valence-corrected chi connectivity index (χ0v) is 14.0. The molecule has 0 radical (unpaired) electrons. The zero-order valence-electron chi connectivity index (χ0n) is 13.2. The molecular formula is C17H9ClF3N3O3. The lowest BCUT2D eigenvalue weighted by atomic mass is 10.1. The first-order valence-electron chi connectivity index (χ1n) is 7.17. The van der Waals surface area contributed by atoms with Crippen LogP contribution in [0, 0.1) is 21.4 Å². The molecular weight excluding hydrogens is 387 g/mol. The van der Waals surface area contributed by atoms with Crippen molar-refractivity contribution in [2.45, 2.75) is 6.18 Å². The van der Waals surface area contributed by atoms with Crippen LogP contribution < -0.4 is 5.32 Å². The molecule has 0 atom stereocenters. The van der Waals surface area contributed by atoms with Crippen molar-refractivity contribution < 1.29 is 22.9 Å². The molecule has 10 heteroatoms. The van der Waals surface area contributed by atoms with Crippen LogP contribution in [-0.2, 0) is 11.0 Å². The van der Waals surface area contributed by atoms with Gasteiger partial charge in [0.05, 0.1) is 16.2 Å². The number of hydrogen-bond donors (Lipinski definition) is 1. The summed E-state index contributed by atoms with van der Waals surface area (Å²) in [6.45, 7) is 0. The molecule has 1 amide bonds. The van der Waals surface area contributed by atoms with Crippen LogP contribution in [0.2, 0.25) is 5.02 Å². The highest BCUT2D eigenvalue weighted by Gasteiger charge is 2.35. The molecule has 1 N–H and O–H groups in total. The van der Waals surface area contributed by atoms with Gasteiger partial charge >= 0.3 is 6.18 Å². The number of amides is 1. The topological polar surface area (TPSA) is 96.0 Å². The van der Waals surface area contributed by atoms with E-state index in [1.54, 1.807) is 18.2 Å². The highest BCUT2D eigenvalue weighted by Crippen LogP contribution is 2.37. The number of nitro groups is 1. The number of anilines is 1. The normalized spacial score (nSPS) is 11.6. The highest BCUT2D eigenvalue weighted by atomic mass is 35.5. The molecule has 0 aliphatic carbocycles. The molecule has 6 nitrogen and oxygen atoms in total. The summed E-state index contributed by atoms with van der Waals surface area (Å²) < 4.78 is 39.5. The van der Waals surface area contributed by atoms with Crippen molar-refractivity contribution in [3.8, 4) is 6.07 Å². The molecule has 0 aromatic heterocycles. The summed E-state index contributed by atoms with van der Waals surface area (Å²) >= 11 is 5.92. The average molecular weight is 396 g/mol. The Labute approximate surface area is 155 Å². The van der Waals surface area contributed by atoms with Gasteiger partial charge in [0.15, 0.2) is 0 Å². The Bertz CT molecular complexity index is 981. The molecule has 0 aliphatic rings. The maximum Gasteiger partial charge on any atom is 0.418 e. The molecule has 0 spiro atoms. The second-order valence-corrected chi connectivity index (χ2v) is 5.54. The molecule has 0 saturated heterocycles. The van der Waals surface area contributed by atoms with Gasteiger partial charge in [-0.1, -0.05) is 29.8 Å². The van der Waals surface area contributed by atoms with Gasteiger partial charge in [-0.15, -0.1) is 0 Å². The summed E-state index contributed by atoms with van der Waals surface area (Å²) in [6, 6.07) is 9.71. The second-order valence-electron chi connectivity index (χ2n) is 5.13. The Balaban J connectivity index is 2.41. The number of nitriles is 1. The Morgan fingerprint density at radius 3 is 2.48 bits per heavy atom. The lowest BCUT2D eigenvalue weighted by Crippen LogP contribution is -2.18. The van der Waals surface area contributed by atoms with Crippen molar-refractivity contribution in [2.75, 3.05) is 5.32 Å². The second kappa shape index (κ2) is 7.88. The molecule has 2 aromatic rings. The fourth-order valence-corrected chi connectivity index (χ4v) is 2.27. The predicted molar refractivity (Wildman–Crippen MR) is 91.8 cm³/mol. The van der Waals surface area contributed by atoms with Gasteiger partial charge in [-0.05, 0) is 23.8 Å². The summed E-state index contributed by atoms with van der Waals surface area (Å²) in [5.41, 5.74) is -3.06. The first-order chi connectivity index (χ1) is 12.6. The van der Waals surface area contributed by atoms with Crippen LogP contribution >= 0.6 is 11.6 Å². The van der Waals surface area contributed by atoms with Crippen molar-refractivity contribution in [3.05, 3.63) is 74.3 Å². The number of rotatable bonds is 4. The van der Waals surface area contributed by atoms with Gasteiger partial charge in [0, 0.05) is 17.2 Å². The van der Waals surface area contributed by atoms with E-state index < -0.39 is 39.5 Å². The Hall–Kier alpha value is -3.38. The summed E-state index contributed by atoms with van der Waals surface area (Å²) in [6.07, 6.45) is -3.83. The first kappa shape index (κ1) is 19.9. The molecule has 0 fully saturated rings. The number of benzene rings is 2. The largest absolute Gasteiger partial charge is 0.418 e. The third kappa shape index (κ3) is 4.83. The highest BCUT2D eigenvalue weighted by molar-refractivity contribution is 6.32. The molecule has 2 aromatic carbocycles. The van der Waals surface area contributed by atoms with E-state index in [9.17, 15) is 28.1 Å². The van der Waals surface area contributed by atoms with E-state index in [0.717, 1.165) is 18.2 Å². The molecule has 138 valence electrons. The van der Waals surface area contributed by atoms with E-state index in [0.29, 0.717) is 11.6 Å². The average Bonchev–Trinajstić information content (AvgIpc) is 2.60. The van der Waals surface area contributed by atoms with E-state index in [4.69, 9.17) is 16.9 Å². The van der Waals surface area contributed by atoms with Gasteiger partial charge in [0.1, 0.15) is 11.6 Å². The summed E-state index contributed by atoms with van der Waals surface area (Å²) in [5, 5.41) is 22.0. The van der Waals surface area contributed by atoms with Crippen LogP contribution in [0.3, 0.4) is 0 Å². The number of hydrogen-bond acceptors (Lipinski definition) is 4. The molecule has 2 rings (SSSR count). The summed E-state index contributed by atoms with van der Waals surface area (Å²) in [4.78, 5) is 21.9. The summed E-state index contributed by atoms with van der Waals surface area (Å²) in [5.74, 6) is -1.11. The van der Waals surface area contributed by atoms with Gasteiger partial charge in [-0.3, -0.25) is 14.9 Å². The van der Waals surface area contributed by atoms with E-state index in [1.165, 1.54) is 12.1 Å². The molecule has 0 bridgehead atoms. The SMILES string of the molecule is N#C/C(=C\c1ccccc1Cl)C(=O)Nc1ccc([N+](=O)[O-])cc1C(F)(F)F. The number of carbonyl (C=O) groups is 1. The molecule has 0 unspecified atom stereocenters. The molecule has 27 heavy (non-hydrogen) atoms. The first-order valence-corrected chi connectivity index (χ1v) is 7.54. The maximum atomic E-state index is 13.2. The van der Waals surface area contributed by atoms with Crippen LogP contribution in [-0.4, -0.2) is 10.8 Å². The number of carbonyl (C=O) groups excluding carboxylic acids is 1.